The molecule has 7 nitrogen and oxygen atoms in total. The van der Waals surface area contributed by atoms with Crippen LogP contribution in [0.2, 0.25) is 0 Å². The van der Waals surface area contributed by atoms with E-state index in [0.29, 0.717) is 38.3 Å². The first-order chi connectivity index (χ1) is 17.9. The average molecular weight is 524 g/mol. The lowest BCUT2D eigenvalue weighted by Gasteiger charge is -2.39. The molecule has 4 rings (SSSR count). The van der Waals surface area contributed by atoms with E-state index in [1.54, 1.807) is 11.8 Å². The summed E-state index contributed by atoms with van der Waals surface area (Å²) in [6.45, 7) is 4.86. The van der Waals surface area contributed by atoms with Crippen LogP contribution in [0.15, 0.2) is 65.6 Å². The minimum absolute atomic E-state index is 0.00701. The molecular weight excluding hydrogens is 486 g/mol. The molecule has 0 saturated carbocycles. The summed E-state index contributed by atoms with van der Waals surface area (Å²) in [7, 11) is 0. The zero-order valence-corrected chi connectivity index (χ0v) is 22.4. The van der Waals surface area contributed by atoms with Crippen molar-refractivity contribution < 1.29 is 19.1 Å². The van der Waals surface area contributed by atoms with Crippen LogP contribution in [0.1, 0.15) is 39.0 Å². The minimum atomic E-state index is -0.544. The van der Waals surface area contributed by atoms with E-state index in [1.807, 2.05) is 70.5 Å². The highest BCUT2D eigenvalue weighted by Crippen LogP contribution is 2.40. The number of ether oxygens (including phenoxy) is 1. The number of carbonyl (C=O) groups excluding carboxylic acids is 3. The Morgan fingerprint density at radius 2 is 1.57 bits per heavy atom. The SMILES string of the molecule is CC(=O)NC(CSc1ccccc1)C(=O)N1CCC2(CCN(C(=O)CCCOc3ccccc3)CC2)C1. The highest BCUT2D eigenvalue weighted by molar-refractivity contribution is 7.99. The molecule has 198 valence electrons. The lowest BCUT2D eigenvalue weighted by Crippen LogP contribution is -2.50. The van der Waals surface area contributed by atoms with E-state index in [0.717, 1.165) is 43.0 Å². The number of para-hydroxylation sites is 1. The minimum Gasteiger partial charge on any atom is -0.494 e. The molecule has 1 N–H and O–H groups in total. The molecule has 0 radical (unpaired) electrons. The molecule has 2 aliphatic heterocycles. The number of piperidine rings is 1. The number of nitrogens with zero attached hydrogens (tertiary/aromatic N) is 2. The Labute approximate surface area is 223 Å². The fraction of sp³-hybridized carbons (Fsp3) is 0.483. The van der Waals surface area contributed by atoms with E-state index in [2.05, 4.69) is 5.32 Å². The zero-order valence-electron chi connectivity index (χ0n) is 21.6. The molecule has 3 amide bonds. The number of benzene rings is 2. The summed E-state index contributed by atoms with van der Waals surface area (Å²) in [4.78, 5) is 42.9. The predicted octanol–water partition coefficient (Wildman–Crippen LogP) is 3.98. The van der Waals surface area contributed by atoms with E-state index in [4.69, 9.17) is 4.74 Å². The maximum absolute atomic E-state index is 13.4. The molecule has 0 bridgehead atoms. The summed E-state index contributed by atoms with van der Waals surface area (Å²) in [6, 6.07) is 19.0. The maximum atomic E-state index is 13.4. The van der Waals surface area contributed by atoms with Crippen molar-refractivity contribution in [1.29, 1.82) is 0 Å². The molecule has 8 heteroatoms. The summed E-state index contributed by atoms with van der Waals surface area (Å²) in [5.41, 5.74) is 0.0657. The monoisotopic (exact) mass is 523 g/mol. The smallest absolute Gasteiger partial charge is 0.246 e. The van der Waals surface area contributed by atoms with Crippen molar-refractivity contribution >= 4 is 29.5 Å². The van der Waals surface area contributed by atoms with Crippen LogP contribution in [-0.2, 0) is 14.4 Å². The van der Waals surface area contributed by atoms with Gasteiger partial charge in [0.15, 0.2) is 0 Å². The van der Waals surface area contributed by atoms with Crippen LogP contribution < -0.4 is 10.1 Å². The van der Waals surface area contributed by atoms with Gasteiger partial charge in [0.05, 0.1) is 6.61 Å². The van der Waals surface area contributed by atoms with Crippen molar-refractivity contribution in [2.75, 3.05) is 38.5 Å². The normalized spacial score (nSPS) is 17.4. The molecule has 2 aliphatic rings. The van der Waals surface area contributed by atoms with E-state index >= 15 is 0 Å². The topological polar surface area (TPSA) is 79.0 Å². The predicted molar refractivity (Wildman–Crippen MR) is 145 cm³/mol. The van der Waals surface area contributed by atoms with Crippen molar-refractivity contribution in [3.05, 3.63) is 60.7 Å². The van der Waals surface area contributed by atoms with Gasteiger partial charge < -0.3 is 19.9 Å². The molecule has 0 aromatic heterocycles. The molecule has 1 spiro atoms. The van der Waals surface area contributed by atoms with Crippen molar-refractivity contribution in [3.8, 4) is 5.75 Å². The largest absolute Gasteiger partial charge is 0.494 e. The van der Waals surface area contributed by atoms with Gasteiger partial charge in [0.1, 0.15) is 11.8 Å². The van der Waals surface area contributed by atoms with E-state index in [1.165, 1.54) is 6.92 Å². The molecule has 2 saturated heterocycles. The van der Waals surface area contributed by atoms with Crippen molar-refractivity contribution in [3.63, 3.8) is 0 Å². The van der Waals surface area contributed by atoms with Crippen LogP contribution >= 0.6 is 11.8 Å². The molecule has 0 aliphatic carbocycles. The average Bonchev–Trinajstić information content (AvgIpc) is 3.33. The number of carbonyl (C=O) groups is 3. The molecule has 37 heavy (non-hydrogen) atoms. The van der Waals surface area contributed by atoms with Gasteiger partial charge in [-0.2, -0.15) is 0 Å². The second-order valence-corrected chi connectivity index (χ2v) is 11.1. The number of amides is 3. The molecular formula is C29H37N3O4S. The van der Waals surface area contributed by atoms with Crippen molar-refractivity contribution in [2.24, 2.45) is 5.41 Å². The van der Waals surface area contributed by atoms with Gasteiger partial charge in [0.25, 0.3) is 0 Å². The van der Waals surface area contributed by atoms with E-state index < -0.39 is 6.04 Å². The van der Waals surface area contributed by atoms with Gasteiger partial charge in [-0.05, 0) is 55.4 Å². The summed E-state index contributed by atoms with van der Waals surface area (Å²) in [5.74, 6) is 1.31. The number of hydrogen-bond donors (Lipinski definition) is 1. The van der Waals surface area contributed by atoms with Gasteiger partial charge in [-0.1, -0.05) is 36.4 Å². The van der Waals surface area contributed by atoms with E-state index in [-0.39, 0.29) is 23.1 Å². The second kappa shape index (κ2) is 13.0. The Kier molecular flexibility index (Phi) is 9.50. The summed E-state index contributed by atoms with van der Waals surface area (Å²) >= 11 is 1.58. The third-order valence-electron chi connectivity index (χ3n) is 7.31. The van der Waals surface area contributed by atoms with Crippen molar-refractivity contribution in [2.45, 2.75) is 50.0 Å². The third kappa shape index (κ3) is 7.74. The third-order valence-corrected chi connectivity index (χ3v) is 8.41. The van der Waals surface area contributed by atoms with Gasteiger partial charge in [-0.25, -0.2) is 0 Å². The van der Waals surface area contributed by atoms with Gasteiger partial charge in [0, 0.05) is 50.2 Å². The zero-order chi connectivity index (χ0) is 26.1. The Morgan fingerprint density at radius 3 is 2.22 bits per heavy atom. The van der Waals surface area contributed by atoms with Crippen LogP contribution in [0.25, 0.3) is 0 Å². The van der Waals surface area contributed by atoms with Crippen LogP contribution in [0, 0.1) is 5.41 Å². The van der Waals surface area contributed by atoms with Gasteiger partial charge in [0.2, 0.25) is 17.7 Å². The Bertz CT molecular complexity index is 1040. The lowest BCUT2D eigenvalue weighted by molar-refractivity contribution is -0.136. The number of rotatable bonds is 10. The molecule has 2 aromatic rings. The molecule has 1 atom stereocenters. The molecule has 2 fully saturated rings. The first-order valence-electron chi connectivity index (χ1n) is 13.1. The van der Waals surface area contributed by atoms with Gasteiger partial charge in [-0.15, -0.1) is 11.8 Å². The van der Waals surface area contributed by atoms with Crippen molar-refractivity contribution in [1.82, 2.24) is 15.1 Å². The van der Waals surface area contributed by atoms with E-state index in [9.17, 15) is 14.4 Å². The summed E-state index contributed by atoms with van der Waals surface area (Å²) < 4.78 is 5.70. The highest BCUT2D eigenvalue weighted by Gasteiger charge is 2.43. The number of thioether (sulfide) groups is 1. The molecule has 2 aromatic carbocycles. The van der Waals surface area contributed by atoms with Gasteiger partial charge in [-0.3, -0.25) is 14.4 Å². The Balaban J connectivity index is 1.22. The molecule has 1 unspecified atom stereocenters. The van der Waals surface area contributed by atoms with Crippen LogP contribution in [-0.4, -0.2) is 72.1 Å². The van der Waals surface area contributed by atoms with Crippen LogP contribution in [0.3, 0.4) is 0 Å². The van der Waals surface area contributed by atoms with Crippen LogP contribution in [0.5, 0.6) is 5.75 Å². The number of nitrogens with one attached hydrogen (secondary N) is 1. The van der Waals surface area contributed by atoms with Gasteiger partial charge >= 0.3 is 0 Å². The summed E-state index contributed by atoms with van der Waals surface area (Å²) in [5, 5.41) is 2.86. The fourth-order valence-corrected chi connectivity index (χ4v) is 6.12. The highest BCUT2D eigenvalue weighted by atomic mass is 32.2. The first-order valence-corrected chi connectivity index (χ1v) is 14.1. The number of hydrogen-bond acceptors (Lipinski definition) is 5. The maximum Gasteiger partial charge on any atom is 0.246 e. The Hall–Kier alpha value is -3.00. The first kappa shape index (κ1) is 27.0. The quantitative estimate of drug-likeness (QED) is 0.376. The fourth-order valence-electron chi connectivity index (χ4n) is 5.19. The number of likely N-dealkylation sites (tertiary alicyclic amines) is 2. The van der Waals surface area contributed by atoms with Crippen LogP contribution in [0.4, 0.5) is 0 Å². The molecule has 2 heterocycles. The summed E-state index contributed by atoms with van der Waals surface area (Å²) in [6.07, 6.45) is 3.95. The standard InChI is InChI=1S/C29H37N3O4S/c1-23(33)30-26(21-37-25-11-6-3-7-12-25)28(35)32-19-16-29(22-32)14-17-31(18-15-29)27(34)13-8-20-36-24-9-4-2-5-10-24/h2-7,9-12,26H,8,13-22H2,1H3,(H,30,33). The Morgan fingerprint density at radius 1 is 0.946 bits per heavy atom. The lowest BCUT2D eigenvalue weighted by atomic mass is 9.77. The second-order valence-electron chi connectivity index (χ2n) is 10.0.